The van der Waals surface area contributed by atoms with E-state index in [1.165, 1.54) is 7.11 Å². The van der Waals surface area contributed by atoms with Crippen molar-refractivity contribution in [3.63, 3.8) is 0 Å². The second-order valence-corrected chi connectivity index (χ2v) is 6.82. The first-order valence-corrected chi connectivity index (χ1v) is 10.1. The average molecular weight is 415 g/mol. The number of benzene rings is 1. The topological polar surface area (TPSA) is 110 Å². The van der Waals surface area contributed by atoms with Gasteiger partial charge in [0.25, 0.3) is 11.5 Å². The highest BCUT2D eigenvalue weighted by molar-refractivity contribution is 5.98. The number of esters is 1. The molecule has 2 aromatic rings. The van der Waals surface area contributed by atoms with Gasteiger partial charge in [0.15, 0.2) is 0 Å². The summed E-state index contributed by atoms with van der Waals surface area (Å²) in [7, 11) is 1.26. The molecule has 0 saturated heterocycles. The first-order chi connectivity index (χ1) is 14.4. The van der Waals surface area contributed by atoms with E-state index in [0.717, 1.165) is 6.42 Å². The molecular formula is C22H29N3O5. The molecule has 0 saturated carbocycles. The monoisotopic (exact) mass is 415 g/mol. The quantitative estimate of drug-likeness (QED) is 0.609. The maximum absolute atomic E-state index is 12.6. The maximum Gasteiger partial charge on any atom is 0.328 e. The standard InChI is InChI=1S/C22H29N3O5/c1-6-11-30-18-10-9-14(20(26)23-13(4)22(28)29-5)12-16(18)19-24-17(8-3)15(7-2)21(27)25-19/h9-10,12-13H,6-8,11H2,1-5H3,(H,23,26)(H,24,25,27). The van der Waals surface area contributed by atoms with Crippen molar-refractivity contribution in [3.8, 4) is 17.1 Å². The smallest absolute Gasteiger partial charge is 0.328 e. The summed E-state index contributed by atoms with van der Waals surface area (Å²) in [6.45, 7) is 7.86. The highest BCUT2D eigenvalue weighted by Crippen LogP contribution is 2.29. The van der Waals surface area contributed by atoms with Crippen LogP contribution in [0.3, 0.4) is 0 Å². The minimum absolute atomic E-state index is 0.199. The zero-order valence-corrected chi connectivity index (χ0v) is 18.1. The molecule has 8 nitrogen and oxygen atoms in total. The van der Waals surface area contributed by atoms with Crippen molar-refractivity contribution in [2.45, 2.75) is 53.0 Å². The number of hydrogen-bond donors (Lipinski definition) is 2. The molecule has 0 aliphatic rings. The molecule has 0 fully saturated rings. The highest BCUT2D eigenvalue weighted by atomic mass is 16.5. The molecule has 0 spiro atoms. The number of aromatic amines is 1. The lowest BCUT2D eigenvalue weighted by molar-refractivity contribution is -0.142. The van der Waals surface area contributed by atoms with Gasteiger partial charge in [-0.3, -0.25) is 9.59 Å². The third-order valence-corrected chi connectivity index (χ3v) is 4.65. The summed E-state index contributed by atoms with van der Waals surface area (Å²) in [5.41, 5.74) is 1.99. The van der Waals surface area contributed by atoms with Crippen molar-refractivity contribution >= 4 is 11.9 Å². The lowest BCUT2D eigenvalue weighted by Gasteiger charge is -2.15. The number of nitrogens with zero attached hydrogens (tertiary/aromatic N) is 1. The van der Waals surface area contributed by atoms with Crippen LogP contribution in [-0.4, -0.2) is 41.6 Å². The molecule has 30 heavy (non-hydrogen) atoms. The van der Waals surface area contributed by atoms with Crippen molar-refractivity contribution in [3.05, 3.63) is 45.4 Å². The van der Waals surface area contributed by atoms with Crippen LogP contribution in [0.4, 0.5) is 0 Å². The zero-order chi connectivity index (χ0) is 22.3. The van der Waals surface area contributed by atoms with Crippen LogP contribution >= 0.6 is 0 Å². The lowest BCUT2D eigenvalue weighted by atomic mass is 10.1. The Labute approximate surface area is 176 Å². The van der Waals surface area contributed by atoms with Crippen molar-refractivity contribution in [2.24, 2.45) is 0 Å². The minimum Gasteiger partial charge on any atom is -0.493 e. The summed E-state index contributed by atoms with van der Waals surface area (Å²) in [6.07, 6.45) is 2.00. The van der Waals surface area contributed by atoms with E-state index in [1.807, 2.05) is 20.8 Å². The van der Waals surface area contributed by atoms with Gasteiger partial charge in [0.1, 0.15) is 17.6 Å². The third kappa shape index (κ3) is 5.25. The van der Waals surface area contributed by atoms with Gasteiger partial charge in [0.05, 0.1) is 25.0 Å². The van der Waals surface area contributed by atoms with Gasteiger partial charge in [-0.05, 0) is 44.4 Å². The Balaban J connectivity index is 2.52. The van der Waals surface area contributed by atoms with Gasteiger partial charge in [0, 0.05) is 11.1 Å². The maximum atomic E-state index is 12.6. The van der Waals surface area contributed by atoms with Crippen molar-refractivity contribution in [1.82, 2.24) is 15.3 Å². The number of rotatable bonds is 9. The summed E-state index contributed by atoms with van der Waals surface area (Å²) in [6, 6.07) is 4.08. The molecular weight excluding hydrogens is 386 g/mol. The third-order valence-electron chi connectivity index (χ3n) is 4.65. The molecule has 0 bridgehead atoms. The van der Waals surface area contributed by atoms with Crippen molar-refractivity contribution < 1.29 is 19.1 Å². The number of nitrogens with one attached hydrogen (secondary N) is 2. The molecule has 1 atom stereocenters. The van der Waals surface area contributed by atoms with E-state index in [9.17, 15) is 14.4 Å². The van der Waals surface area contributed by atoms with Gasteiger partial charge in [-0.15, -0.1) is 0 Å². The number of aryl methyl sites for hydroxylation is 1. The molecule has 0 aliphatic carbocycles. The Morgan fingerprint density at radius 1 is 1.20 bits per heavy atom. The fourth-order valence-corrected chi connectivity index (χ4v) is 3.04. The number of carbonyl (C=O) groups is 2. The van der Waals surface area contributed by atoms with E-state index >= 15 is 0 Å². The number of carbonyl (C=O) groups excluding carboxylic acids is 2. The molecule has 1 unspecified atom stereocenters. The molecule has 2 N–H and O–H groups in total. The molecule has 1 aromatic carbocycles. The summed E-state index contributed by atoms with van der Waals surface area (Å²) in [5.74, 6) is -0.126. The van der Waals surface area contributed by atoms with Gasteiger partial charge >= 0.3 is 5.97 Å². The largest absolute Gasteiger partial charge is 0.493 e. The van der Waals surface area contributed by atoms with E-state index in [0.29, 0.717) is 53.4 Å². The van der Waals surface area contributed by atoms with Gasteiger partial charge in [-0.25, -0.2) is 9.78 Å². The summed E-state index contributed by atoms with van der Waals surface area (Å²) >= 11 is 0. The molecule has 2 rings (SSSR count). The highest BCUT2D eigenvalue weighted by Gasteiger charge is 2.20. The van der Waals surface area contributed by atoms with Gasteiger partial charge in [-0.1, -0.05) is 20.8 Å². The average Bonchev–Trinajstić information content (AvgIpc) is 2.76. The number of aromatic nitrogens is 2. The number of amides is 1. The molecule has 0 radical (unpaired) electrons. The molecule has 1 heterocycles. The predicted octanol–water partition coefficient (Wildman–Crippen LogP) is 2.64. The zero-order valence-electron chi connectivity index (χ0n) is 18.1. The van der Waals surface area contributed by atoms with Gasteiger partial charge in [-0.2, -0.15) is 0 Å². The molecule has 8 heteroatoms. The Kier molecular flexibility index (Phi) is 8.15. The van der Waals surface area contributed by atoms with E-state index in [-0.39, 0.29) is 5.56 Å². The van der Waals surface area contributed by atoms with Gasteiger partial charge < -0.3 is 19.8 Å². The second kappa shape index (κ2) is 10.6. The van der Waals surface area contributed by atoms with Gasteiger partial charge in [0.2, 0.25) is 0 Å². The predicted molar refractivity (Wildman–Crippen MR) is 114 cm³/mol. The van der Waals surface area contributed by atoms with Crippen LogP contribution in [0.5, 0.6) is 5.75 Å². The summed E-state index contributed by atoms with van der Waals surface area (Å²) in [5, 5.41) is 2.59. The molecule has 1 amide bonds. The van der Waals surface area contributed by atoms with Crippen LogP contribution in [0.2, 0.25) is 0 Å². The number of H-pyrrole nitrogens is 1. The van der Waals surface area contributed by atoms with Crippen LogP contribution in [0, 0.1) is 0 Å². The van der Waals surface area contributed by atoms with E-state index < -0.39 is 17.9 Å². The van der Waals surface area contributed by atoms with Crippen LogP contribution < -0.4 is 15.6 Å². The van der Waals surface area contributed by atoms with Crippen LogP contribution in [0.1, 0.15) is 55.7 Å². The molecule has 1 aromatic heterocycles. The first-order valence-electron chi connectivity index (χ1n) is 10.1. The summed E-state index contributed by atoms with van der Waals surface area (Å²) in [4.78, 5) is 44.2. The number of methoxy groups -OCH3 is 1. The van der Waals surface area contributed by atoms with Crippen molar-refractivity contribution in [1.29, 1.82) is 0 Å². The Bertz CT molecular complexity index is 968. The van der Waals surface area contributed by atoms with E-state index in [4.69, 9.17) is 4.74 Å². The Morgan fingerprint density at radius 3 is 2.53 bits per heavy atom. The Morgan fingerprint density at radius 2 is 1.93 bits per heavy atom. The lowest BCUT2D eigenvalue weighted by Crippen LogP contribution is -2.39. The summed E-state index contributed by atoms with van der Waals surface area (Å²) < 4.78 is 10.5. The normalized spacial score (nSPS) is 11.6. The van der Waals surface area contributed by atoms with E-state index in [2.05, 4.69) is 20.0 Å². The molecule has 0 aliphatic heterocycles. The van der Waals surface area contributed by atoms with Crippen LogP contribution in [0.25, 0.3) is 11.4 Å². The number of hydrogen-bond acceptors (Lipinski definition) is 6. The van der Waals surface area contributed by atoms with Crippen molar-refractivity contribution in [2.75, 3.05) is 13.7 Å². The Hall–Kier alpha value is -3.16. The molecule has 162 valence electrons. The second-order valence-electron chi connectivity index (χ2n) is 6.82. The minimum atomic E-state index is -0.796. The van der Waals surface area contributed by atoms with Crippen LogP contribution in [0.15, 0.2) is 23.0 Å². The first kappa shape index (κ1) is 23.1. The van der Waals surface area contributed by atoms with Crippen LogP contribution in [-0.2, 0) is 22.4 Å². The fraction of sp³-hybridized carbons (Fsp3) is 0.455. The fourth-order valence-electron chi connectivity index (χ4n) is 3.04. The number of ether oxygens (including phenoxy) is 2. The SMILES string of the molecule is CCCOc1ccc(C(=O)NC(C)C(=O)OC)cc1-c1nc(CC)c(CC)c(=O)[nH]1. The van der Waals surface area contributed by atoms with E-state index in [1.54, 1.807) is 25.1 Å².